The van der Waals surface area contributed by atoms with Gasteiger partial charge in [0.15, 0.2) is 0 Å². The van der Waals surface area contributed by atoms with Gasteiger partial charge in [0.1, 0.15) is 6.10 Å². The Labute approximate surface area is 256 Å². The van der Waals surface area contributed by atoms with Crippen LogP contribution in [0.1, 0.15) is 162 Å². The number of unbranched alkanes of at least 4 members (excludes halogenated alkanes) is 13. The maximum absolute atomic E-state index is 11.7. The van der Waals surface area contributed by atoms with Crippen LogP contribution in [0.4, 0.5) is 0 Å². The summed E-state index contributed by atoms with van der Waals surface area (Å²) in [7, 11) is 0. The highest BCUT2D eigenvalue weighted by Gasteiger charge is 2.31. The molecular formula is C35H64O7. The second-order valence-electron chi connectivity index (χ2n) is 13.1. The zero-order valence-corrected chi connectivity index (χ0v) is 26.9. The summed E-state index contributed by atoms with van der Waals surface area (Å²) >= 11 is 0. The number of carbonyl (C=O) groups excluding carboxylic acids is 1. The van der Waals surface area contributed by atoms with Gasteiger partial charge in [0.25, 0.3) is 0 Å². The molecule has 246 valence electrons. The van der Waals surface area contributed by atoms with Crippen LogP contribution in [0.25, 0.3) is 0 Å². The number of aliphatic hydroxyl groups is 4. The van der Waals surface area contributed by atoms with E-state index in [1.165, 1.54) is 64.2 Å². The summed E-state index contributed by atoms with van der Waals surface area (Å²) in [4.78, 5) is 11.7. The van der Waals surface area contributed by atoms with E-state index >= 15 is 0 Å². The Kier molecular flexibility index (Phi) is 19.9. The van der Waals surface area contributed by atoms with Crippen LogP contribution in [0.2, 0.25) is 0 Å². The molecule has 2 aliphatic heterocycles. The van der Waals surface area contributed by atoms with Gasteiger partial charge in [0, 0.05) is 12.0 Å². The molecule has 0 amide bonds. The maximum atomic E-state index is 11.7. The topological polar surface area (TPSA) is 116 Å². The molecule has 0 aromatic heterocycles. The van der Waals surface area contributed by atoms with Crippen LogP contribution in [0.15, 0.2) is 11.6 Å². The Morgan fingerprint density at radius 2 is 1.31 bits per heavy atom. The zero-order chi connectivity index (χ0) is 30.6. The number of carbonyl (C=O) groups is 1. The summed E-state index contributed by atoms with van der Waals surface area (Å²) in [5.41, 5.74) is 0.584. The monoisotopic (exact) mass is 596 g/mol. The molecule has 7 nitrogen and oxygen atoms in total. The van der Waals surface area contributed by atoms with Crippen molar-refractivity contribution in [3.8, 4) is 0 Å². The average molecular weight is 597 g/mol. The summed E-state index contributed by atoms with van der Waals surface area (Å²) in [6, 6.07) is 0. The molecular weight excluding hydrogens is 532 g/mol. The number of ether oxygens (including phenoxy) is 2. The first-order valence-electron chi connectivity index (χ1n) is 17.6. The lowest BCUT2D eigenvalue weighted by Gasteiger charge is -2.22. The van der Waals surface area contributed by atoms with Crippen molar-refractivity contribution in [3.05, 3.63) is 11.6 Å². The summed E-state index contributed by atoms with van der Waals surface area (Å²) < 4.78 is 11.2. The van der Waals surface area contributed by atoms with Crippen LogP contribution >= 0.6 is 0 Å². The molecule has 0 aromatic carbocycles. The molecule has 2 heterocycles. The Balaban J connectivity index is 1.43. The largest absolute Gasteiger partial charge is 0.455 e. The van der Waals surface area contributed by atoms with E-state index in [4.69, 9.17) is 9.47 Å². The van der Waals surface area contributed by atoms with Gasteiger partial charge in [-0.3, -0.25) is 0 Å². The van der Waals surface area contributed by atoms with Crippen molar-refractivity contribution in [2.45, 2.75) is 204 Å². The van der Waals surface area contributed by atoms with Crippen molar-refractivity contribution in [2.24, 2.45) is 0 Å². The summed E-state index contributed by atoms with van der Waals surface area (Å²) in [5.74, 6) is -0.308. The molecule has 2 rings (SSSR count). The first-order chi connectivity index (χ1) is 20.3. The Bertz CT molecular complexity index is 726. The molecule has 4 N–H and O–H groups in total. The Morgan fingerprint density at radius 3 is 1.93 bits per heavy atom. The van der Waals surface area contributed by atoms with E-state index < -0.39 is 24.4 Å². The lowest BCUT2D eigenvalue weighted by molar-refractivity contribution is -0.139. The summed E-state index contributed by atoms with van der Waals surface area (Å²) in [6.07, 6.45) is 22.3. The third-order valence-electron chi connectivity index (χ3n) is 9.14. The van der Waals surface area contributed by atoms with E-state index in [9.17, 15) is 25.2 Å². The molecule has 7 heteroatoms. The zero-order valence-electron chi connectivity index (χ0n) is 26.9. The lowest BCUT2D eigenvalue weighted by atomic mass is 9.97. The average Bonchev–Trinajstić information content (AvgIpc) is 3.57. The minimum Gasteiger partial charge on any atom is -0.455 e. The smallest absolute Gasteiger partial charge is 0.334 e. The van der Waals surface area contributed by atoms with E-state index in [1.54, 1.807) is 6.08 Å². The fourth-order valence-corrected chi connectivity index (χ4v) is 6.40. The van der Waals surface area contributed by atoms with Gasteiger partial charge < -0.3 is 29.9 Å². The van der Waals surface area contributed by atoms with E-state index in [1.807, 2.05) is 6.92 Å². The van der Waals surface area contributed by atoms with Gasteiger partial charge in [-0.1, -0.05) is 103 Å². The number of rotatable bonds is 26. The predicted molar refractivity (Wildman–Crippen MR) is 168 cm³/mol. The molecule has 0 aliphatic carbocycles. The molecule has 0 radical (unpaired) electrons. The fourth-order valence-electron chi connectivity index (χ4n) is 6.40. The van der Waals surface area contributed by atoms with E-state index in [0.29, 0.717) is 37.7 Å². The minimum absolute atomic E-state index is 0.149. The van der Waals surface area contributed by atoms with Gasteiger partial charge in [-0.05, 0) is 57.9 Å². The quantitative estimate of drug-likeness (QED) is 0.0624. The minimum atomic E-state index is -0.793. The number of hydrogen-bond acceptors (Lipinski definition) is 7. The van der Waals surface area contributed by atoms with Crippen LogP contribution in [-0.4, -0.2) is 69.1 Å². The third kappa shape index (κ3) is 16.2. The highest BCUT2D eigenvalue weighted by atomic mass is 16.5. The third-order valence-corrected chi connectivity index (χ3v) is 9.14. The lowest BCUT2D eigenvalue weighted by Crippen LogP contribution is -2.31. The van der Waals surface area contributed by atoms with Crippen molar-refractivity contribution in [1.82, 2.24) is 0 Å². The fraction of sp³-hybridized carbons (Fsp3) is 0.914. The molecule has 0 spiro atoms. The van der Waals surface area contributed by atoms with Crippen molar-refractivity contribution in [2.75, 3.05) is 0 Å². The van der Waals surface area contributed by atoms with Crippen molar-refractivity contribution < 1.29 is 34.7 Å². The van der Waals surface area contributed by atoms with Crippen LogP contribution in [0, 0.1) is 0 Å². The number of esters is 1. The van der Waals surface area contributed by atoms with Gasteiger partial charge >= 0.3 is 5.97 Å². The molecule has 0 aromatic rings. The van der Waals surface area contributed by atoms with Gasteiger partial charge in [-0.15, -0.1) is 0 Å². The van der Waals surface area contributed by atoms with Crippen LogP contribution in [0.5, 0.6) is 0 Å². The van der Waals surface area contributed by atoms with E-state index in [2.05, 4.69) is 6.92 Å². The van der Waals surface area contributed by atoms with Crippen LogP contribution < -0.4 is 0 Å². The Hall–Kier alpha value is -0.990. The molecule has 42 heavy (non-hydrogen) atoms. The number of hydrogen-bond donors (Lipinski definition) is 4. The maximum Gasteiger partial charge on any atom is 0.334 e. The standard InChI is InChI=1S/C35H64O7/c1-3-4-5-6-7-8-9-10-11-12-13-17-20-31(37)32(38)22-23-33(39)34-24-21-30(42-34)19-16-14-15-18-29(36)26-28-25-27(2)41-35(28)40/h25,27,29-34,36-39H,3-24,26H2,1-2H3/t27-,29+,30-,31-,32-,33-,34-/m0/s1. The van der Waals surface area contributed by atoms with E-state index in [-0.39, 0.29) is 24.3 Å². The first kappa shape index (κ1) is 37.2. The van der Waals surface area contributed by atoms with Crippen LogP contribution in [-0.2, 0) is 14.3 Å². The normalized spacial score (nSPS) is 23.5. The molecule has 1 saturated heterocycles. The highest BCUT2D eigenvalue weighted by molar-refractivity contribution is 5.90. The van der Waals surface area contributed by atoms with Crippen molar-refractivity contribution in [3.63, 3.8) is 0 Å². The summed E-state index contributed by atoms with van der Waals surface area (Å²) in [6.45, 7) is 4.08. The first-order valence-corrected chi connectivity index (χ1v) is 17.6. The second kappa shape index (κ2) is 22.5. The van der Waals surface area contributed by atoms with Gasteiger partial charge in [-0.2, -0.15) is 0 Å². The molecule has 1 fully saturated rings. The SMILES string of the molecule is CCCCCCCCCCCCCC[C@H](O)[C@@H](O)CC[C@H](O)[C@@H]1CC[C@H](CCCCC[C@@H](O)CC2=C[C@H](C)OC2=O)O1. The van der Waals surface area contributed by atoms with Gasteiger partial charge in [-0.25, -0.2) is 4.79 Å². The van der Waals surface area contributed by atoms with Crippen LogP contribution in [0.3, 0.4) is 0 Å². The molecule has 0 saturated carbocycles. The predicted octanol–water partition coefficient (Wildman–Crippen LogP) is 7.06. The molecule has 2 aliphatic rings. The highest BCUT2D eigenvalue weighted by Crippen LogP contribution is 2.28. The molecule has 0 bridgehead atoms. The van der Waals surface area contributed by atoms with E-state index in [0.717, 1.165) is 51.4 Å². The molecule has 7 atom stereocenters. The van der Waals surface area contributed by atoms with Crippen molar-refractivity contribution in [1.29, 1.82) is 0 Å². The van der Waals surface area contributed by atoms with Gasteiger partial charge in [0.05, 0.1) is 36.6 Å². The summed E-state index contributed by atoms with van der Waals surface area (Å²) in [5, 5.41) is 41.6. The van der Waals surface area contributed by atoms with Crippen molar-refractivity contribution >= 4 is 5.97 Å². The second-order valence-corrected chi connectivity index (χ2v) is 13.1. The number of aliphatic hydroxyl groups excluding tert-OH is 4. The number of cyclic esters (lactones) is 1. The Morgan fingerprint density at radius 1 is 0.738 bits per heavy atom. The van der Waals surface area contributed by atoms with Gasteiger partial charge in [0.2, 0.25) is 0 Å². The molecule has 0 unspecified atom stereocenters.